The summed E-state index contributed by atoms with van der Waals surface area (Å²) < 4.78 is 5.04. The smallest absolute Gasteiger partial charge is 0.287 e. The number of nitrogens with two attached hydrogens (primary N) is 1. The molecule has 3 N–H and O–H groups in total. The molecule has 0 aliphatic rings. The highest BCUT2D eigenvalue weighted by Crippen LogP contribution is 2.14. The molecule has 0 saturated carbocycles. The molecule has 0 spiro atoms. The summed E-state index contributed by atoms with van der Waals surface area (Å²) in [6.07, 6.45) is 1.48. The van der Waals surface area contributed by atoms with E-state index in [0.717, 1.165) is 11.1 Å². The van der Waals surface area contributed by atoms with Gasteiger partial charge in [-0.05, 0) is 30.2 Å². The van der Waals surface area contributed by atoms with Crippen LogP contribution in [-0.4, -0.2) is 5.91 Å². The second kappa shape index (κ2) is 5.51. The zero-order valence-electron chi connectivity index (χ0n) is 10.2. The summed E-state index contributed by atoms with van der Waals surface area (Å²) in [5, 5.41) is 2.87. The first kappa shape index (κ1) is 12.4. The van der Waals surface area contributed by atoms with Crippen molar-refractivity contribution in [3.8, 4) is 0 Å². The summed E-state index contributed by atoms with van der Waals surface area (Å²) in [6, 6.07) is 11.1. The molecular weight excluding hydrogens is 228 g/mol. The summed E-state index contributed by atoms with van der Waals surface area (Å²) in [6.45, 7) is 2.45. The van der Waals surface area contributed by atoms with Gasteiger partial charge in [-0.2, -0.15) is 0 Å². The molecule has 94 valence electrons. The van der Waals surface area contributed by atoms with Crippen LogP contribution in [0.2, 0.25) is 0 Å². The number of benzene rings is 1. The Morgan fingerprint density at radius 3 is 2.61 bits per heavy atom. The molecule has 1 atom stereocenters. The third kappa shape index (κ3) is 2.78. The van der Waals surface area contributed by atoms with E-state index in [-0.39, 0.29) is 11.9 Å². The van der Waals surface area contributed by atoms with Crippen LogP contribution in [0.1, 0.15) is 34.6 Å². The number of amides is 1. The largest absolute Gasteiger partial charge is 0.459 e. The highest BCUT2D eigenvalue weighted by molar-refractivity contribution is 5.91. The predicted molar refractivity (Wildman–Crippen MR) is 68.9 cm³/mol. The molecule has 0 bridgehead atoms. The number of hydrogen-bond donors (Lipinski definition) is 2. The molecule has 1 unspecified atom stereocenters. The first-order valence-electron chi connectivity index (χ1n) is 5.84. The molecule has 0 fully saturated rings. The van der Waals surface area contributed by atoms with E-state index in [1.165, 1.54) is 6.26 Å². The Bertz CT molecular complexity index is 503. The second-order valence-electron chi connectivity index (χ2n) is 4.12. The van der Waals surface area contributed by atoms with Crippen LogP contribution in [0.5, 0.6) is 0 Å². The Morgan fingerprint density at radius 2 is 2.06 bits per heavy atom. The molecular formula is C14H16N2O2. The summed E-state index contributed by atoms with van der Waals surface area (Å²) in [7, 11) is 0. The minimum absolute atomic E-state index is 0.0746. The first-order chi connectivity index (χ1) is 8.70. The molecule has 2 rings (SSSR count). The van der Waals surface area contributed by atoms with E-state index in [1.54, 1.807) is 12.1 Å². The van der Waals surface area contributed by atoms with Gasteiger partial charge in [0.1, 0.15) is 0 Å². The van der Waals surface area contributed by atoms with E-state index in [4.69, 9.17) is 10.2 Å². The Hall–Kier alpha value is -2.07. The van der Waals surface area contributed by atoms with Crippen molar-refractivity contribution >= 4 is 5.91 Å². The van der Waals surface area contributed by atoms with Gasteiger partial charge in [-0.25, -0.2) is 0 Å². The van der Waals surface area contributed by atoms with Crippen LogP contribution in [0.25, 0.3) is 0 Å². The molecule has 0 radical (unpaired) electrons. The van der Waals surface area contributed by atoms with Gasteiger partial charge >= 0.3 is 0 Å². The second-order valence-corrected chi connectivity index (χ2v) is 4.12. The third-order valence-corrected chi connectivity index (χ3v) is 2.81. The lowest BCUT2D eigenvalue weighted by atomic mass is 10.1. The summed E-state index contributed by atoms with van der Waals surface area (Å²) in [5.74, 6) is 0.107. The average Bonchev–Trinajstić information content (AvgIpc) is 2.92. The van der Waals surface area contributed by atoms with Crippen LogP contribution < -0.4 is 11.1 Å². The number of carbonyl (C=O) groups excluding carboxylic acids is 1. The lowest BCUT2D eigenvalue weighted by molar-refractivity contribution is 0.0912. The molecule has 0 saturated heterocycles. The van der Waals surface area contributed by atoms with Gasteiger partial charge in [-0.1, -0.05) is 24.3 Å². The molecule has 0 aliphatic heterocycles. The maximum atomic E-state index is 11.8. The monoisotopic (exact) mass is 244 g/mol. The normalized spacial score (nSPS) is 12.1. The minimum Gasteiger partial charge on any atom is -0.459 e. The molecule has 1 amide bonds. The minimum atomic E-state index is -0.213. The molecule has 0 aliphatic carbocycles. The van der Waals surface area contributed by atoms with Crippen molar-refractivity contribution in [3.63, 3.8) is 0 Å². The zero-order chi connectivity index (χ0) is 13.0. The summed E-state index contributed by atoms with van der Waals surface area (Å²) in [4.78, 5) is 11.8. The van der Waals surface area contributed by atoms with Crippen molar-refractivity contribution in [3.05, 3.63) is 59.5 Å². The molecule has 1 aromatic heterocycles. The van der Waals surface area contributed by atoms with Crippen molar-refractivity contribution < 1.29 is 9.21 Å². The van der Waals surface area contributed by atoms with E-state index >= 15 is 0 Å². The maximum Gasteiger partial charge on any atom is 0.287 e. The Kier molecular flexibility index (Phi) is 3.79. The first-order valence-corrected chi connectivity index (χ1v) is 5.84. The van der Waals surface area contributed by atoms with E-state index < -0.39 is 0 Å². The van der Waals surface area contributed by atoms with E-state index in [2.05, 4.69) is 5.32 Å². The van der Waals surface area contributed by atoms with Gasteiger partial charge < -0.3 is 15.5 Å². The third-order valence-electron chi connectivity index (χ3n) is 2.81. The van der Waals surface area contributed by atoms with E-state index in [9.17, 15) is 4.79 Å². The number of hydrogen-bond acceptors (Lipinski definition) is 3. The molecule has 4 nitrogen and oxygen atoms in total. The summed E-state index contributed by atoms with van der Waals surface area (Å²) >= 11 is 0. The highest BCUT2D eigenvalue weighted by atomic mass is 16.3. The number of nitrogens with one attached hydrogen (secondary N) is 1. The standard InChI is InChI=1S/C14H16N2O2/c1-10(12-6-4-11(9-15)5-7-12)16-14(17)13-3-2-8-18-13/h2-8,10H,9,15H2,1H3,(H,16,17). The molecule has 2 aromatic rings. The zero-order valence-corrected chi connectivity index (χ0v) is 10.2. The Labute approximate surface area is 106 Å². The van der Waals surface area contributed by atoms with Crippen LogP contribution >= 0.6 is 0 Å². The van der Waals surface area contributed by atoms with Gasteiger partial charge in [0, 0.05) is 6.54 Å². The SMILES string of the molecule is CC(NC(=O)c1ccco1)c1ccc(CN)cc1. The van der Waals surface area contributed by atoms with Crippen LogP contribution in [0.3, 0.4) is 0 Å². The molecule has 1 heterocycles. The van der Waals surface area contributed by atoms with Crippen molar-refractivity contribution in [1.82, 2.24) is 5.32 Å². The lowest BCUT2D eigenvalue weighted by Crippen LogP contribution is -2.26. The van der Waals surface area contributed by atoms with Gasteiger partial charge in [-0.15, -0.1) is 0 Å². The topological polar surface area (TPSA) is 68.3 Å². The highest BCUT2D eigenvalue weighted by Gasteiger charge is 2.13. The molecule has 4 heteroatoms. The van der Waals surface area contributed by atoms with Crippen LogP contribution in [0.15, 0.2) is 47.1 Å². The molecule has 18 heavy (non-hydrogen) atoms. The molecule has 1 aromatic carbocycles. The van der Waals surface area contributed by atoms with Gasteiger partial charge in [-0.3, -0.25) is 4.79 Å². The van der Waals surface area contributed by atoms with Crippen molar-refractivity contribution in [2.24, 2.45) is 5.73 Å². The quantitative estimate of drug-likeness (QED) is 0.866. The Morgan fingerprint density at radius 1 is 1.33 bits per heavy atom. The van der Waals surface area contributed by atoms with Crippen molar-refractivity contribution in [2.75, 3.05) is 0 Å². The van der Waals surface area contributed by atoms with Crippen molar-refractivity contribution in [1.29, 1.82) is 0 Å². The van der Waals surface area contributed by atoms with Crippen molar-refractivity contribution in [2.45, 2.75) is 19.5 Å². The number of rotatable bonds is 4. The summed E-state index contributed by atoms with van der Waals surface area (Å²) in [5.41, 5.74) is 7.65. The van der Waals surface area contributed by atoms with Gasteiger partial charge in [0.15, 0.2) is 5.76 Å². The number of carbonyl (C=O) groups is 1. The Balaban J connectivity index is 2.02. The van der Waals surface area contributed by atoms with Crippen LogP contribution in [0, 0.1) is 0 Å². The fourth-order valence-electron chi connectivity index (χ4n) is 1.70. The predicted octanol–water partition coefficient (Wildman–Crippen LogP) is 2.23. The fourth-order valence-corrected chi connectivity index (χ4v) is 1.70. The van der Waals surface area contributed by atoms with E-state index in [0.29, 0.717) is 12.3 Å². The fraction of sp³-hybridized carbons (Fsp3) is 0.214. The van der Waals surface area contributed by atoms with Gasteiger partial charge in [0.05, 0.1) is 12.3 Å². The number of furan rings is 1. The van der Waals surface area contributed by atoms with E-state index in [1.807, 2.05) is 31.2 Å². The maximum absolute atomic E-state index is 11.8. The van der Waals surface area contributed by atoms with Gasteiger partial charge in [0.2, 0.25) is 0 Å². The van der Waals surface area contributed by atoms with Gasteiger partial charge in [0.25, 0.3) is 5.91 Å². The van der Waals surface area contributed by atoms with Crippen LogP contribution in [-0.2, 0) is 6.54 Å². The van der Waals surface area contributed by atoms with Crippen LogP contribution in [0.4, 0.5) is 0 Å². The average molecular weight is 244 g/mol. The lowest BCUT2D eigenvalue weighted by Gasteiger charge is -2.13.